The molecule has 0 bridgehead atoms. The molecule has 0 radical (unpaired) electrons. The molecule has 0 saturated carbocycles. The molecule has 1 atom stereocenters. The van der Waals surface area contributed by atoms with Crippen LogP contribution < -0.4 is 9.47 Å². The van der Waals surface area contributed by atoms with Gasteiger partial charge in [-0.3, -0.25) is 4.79 Å². The van der Waals surface area contributed by atoms with Crippen molar-refractivity contribution in [3.05, 3.63) is 24.3 Å². The molecule has 0 fully saturated rings. The van der Waals surface area contributed by atoms with Crippen molar-refractivity contribution < 1.29 is 19.4 Å². The first kappa shape index (κ1) is 16.3. The van der Waals surface area contributed by atoms with E-state index in [1.165, 1.54) is 4.90 Å². The smallest absolute Gasteiger partial charge is 0.263 e. The lowest BCUT2D eigenvalue weighted by Gasteiger charge is -2.35. The molecule has 0 saturated heterocycles. The summed E-state index contributed by atoms with van der Waals surface area (Å²) in [7, 11) is 3.25. The van der Waals surface area contributed by atoms with E-state index in [0.717, 1.165) is 5.75 Å². The van der Waals surface area contributed by atoms with Gasteiger partial charge in [0.1, 0.15) is 11.5 Å². The van der Waals surface area contributed by atoms with Crippen LogP contribution >= 0.6 is 0 Å². The minimum atomic E-state index is -0.626. The van der Waals surface area contributed by atoms with E-state index in [9.17, 15) is 9.90 Å². The Bertz CT molecular complexity index is 442. The largest absolute Gasteiger partial charge is 0.497 e. The number of nitrogens with zero attached hydrogens (tertiary/aromatic N) is 1. The van der Waals surface area contributed by atoms with E-state index in [4.69, 9.17) is 9.47 Å². The fraction of sp³-hybridized carbons (Fsp3) is 0.533. The van der Waals surface area contributed by atoms with Crippen LogP contribution in [-0.2, 0) is 4.79 Å². The Balaban J connectivity index is 2.69. The number of carbonyl (C=O) groups is 1. The molecule has 0 aromatic heterocycles. The van der Waals surface area contributed by atoms with Crippen LogP contribution in [0.2, 0.25) is 0 Å². The minimum absolute atomic E-state index is 0.107. The summed E-state index contributed by atoms with van der Waals surface area (Å²) in [6.45, 7) is 5.18. The number of amides is 1. The van der Waals surface area contributed by atoms with Gasteiger partial charge in [-0.25, -0.2) is 0 Å². The predicted molar refractivity (Wildman–Crippen MR) is 77.0 cm³/mol. The second kappa shape index (κ2) is 6.61. The van der Waals surface area contributed by atoms with Crippen molar-refractivity contribution in [3.63, 3.8) is 0 Å². The van der Waals surface area contributed by atoms with Gasteiger partial charge in [-0.05, 0) is 45.0 Å². The highest BCUT2D eigenvalue weighted by Gasteiger charge is 2.30. The zero-order valence-electron chi connectivity index (χ0n) is 12.7. The number of rotatable bonds is 6. The van der Waals surface area contributed by atoms with Crippen molar-refractivity contribution in [3.8, 4) is 11.5 Å². The minimum Gasteiger partial charge on any atom is -0.497 e. The maximum absolute atomic E-state index is 12.2. The van der Waals surface area contributed by atoms with Gasteiger partial charge in [-0.2, -0.15) is 0 Å². The van der Waals surface area contributed by atoms with Gasteiger partial charge in [0.15, 0.2) is 6.10 Å². The monoisotopic (exact) mass is 281 g/mol. The molecule has 1 amide bonds. The molecule has 0 spiro atoms. The highest BCUT2D eigenvalue weighted by molar-refractivity contribution is 5.81. The van der Waals surface area contributed by atoms with E-state index in [1.807, 2.05) is 0 Å². The predicted octanol–water partition coefficient (Wildman–Crippen LogP) is 1.69. The van der Waals surface area contributed by atoms with Gasteiger partial charge in [-0.15, -0.1) is 0 Å². The van der Waals surface area contributed by atoms with Gasteiger partial charge in [0.25, 0.3) is 5.91 Å². The number of ether oxygens (including phenoxy) is 2. The van der Waals surface area contributed by atoms with Gasteiger partial charge < -0.3 is 19.5 Å². The van der Waals surface area contributed by atoms with Gasteiger partial charge >= 0.3 is 0 Å². The van der Waals surface area contributed by atoms with Crippen molar-refractivity contribution in [2.75, 3.05) is 20.8 Å². The summed E-state index contributed by atoms with van der Waals surface area (Å²) in [4.78, 5) is 13.7. The first-order valence-corrected chi connectivity index (χ1v) is 6.51. The molecular weight excluding hydrogens is 258 g/mol. The quantitative estimate of drug-likeness (QED) is 0.862. The van der Waals surface area contributed by atoms with Crippen LogP contribution in [0.25, 0.3) is 0 Å². The van der Waals surface area contributed by atoms with E-state index < -0.39 is 11.6 Å². The Kier molecular flexibility index (Phi) is 5.39. The van der Waals surface area contributed by atoms with E-state index in [0.29, 0.717) is 5.75 Å². The number of benzene rings is 1. The van der Waals surface area contributed by atoms with Gasteiger partial charge in [-0.1, -0.05) is 0 Å². The Morgan fingerprint density at radius 2 is 1.80 bits per heavy atom. The molecule has 0 aliphatic carbocycles. The summed E-state index contributed by atoms with van der Waals surface area (Å²) >= 11 is 0. The molecule has 5 heteroatoms. The molecule has 0 heterocycles. The zero-order chi connectivity index (χ0) is 15.3. The third kappa shape index (κ3) is 3.87. The summed E-state index contributed by atoms with van der Waals surface area (Å²) in [5, 5.41) is 9.29. The maximum Gasteiger partial charge on any atom is 0.263 e. The van der Waals surface area contributed by atoms with Crippen molar-refractivity contribution in [1.82, 2.24) is 4.90 Å². The third-order valence-corrected chi connectivity index (χ3v) is 3.35. The Labute approximate surface area is 120 Å². The maximum atomic E-state index is 12.2. The number of likely N-dealkylation sites (N-methyl/N-ethyl adjacent to an activating group) is 1. The Hall–Kier alpha value is -1.75. The molecule has 112 valence electrons. The van der Waals surface area contributed by atoms with Crippen LogP contribution in [0.5, 0.6) is 11.5 Å². The Morgan fingerprint density at radius 3 is 2.25 bits per heavy atom. The summed E-state index contributed by atoms with van der Waals surface area (Å²) in [6, 6.07) is 7.04. The van der Waals surface area contributed by atoms with Gasteiger partial charge in [0.05, 0.1) is 19.3 Å². The number of carbonyl (C=O) groups excluding carboxylic acids is 1. The summed E-state index contributed by atoms with van der Waals surface area (Å²) in [5.41, 5.74) is -0.616. The van der Waals surface area contributed by atoms with Crippen LogP contribution in [0.4, 0.5) is 0 Å². The van der Waals surface area contributed by atoms with Crippen LogP contribution in [0.3, 0.4) is 0 Å². The molecule has 1 aromatic rings. The summed E-state index contributed by atoms with van der Waals surface area (Å²) in [5.74, 6) is 1.15. The first-order chi connectivity index (χ1) is 9.31. The highest BCUT2D eigenvalue weighted by atomic mass is 16.5. The fourth-order valence-electron chi connectivity index (χ4n) is 1.59. The number of hydrogen-bond donors (Lipinski definition) is 1. The molecule has 1 unspecified atom stereocenters. The van der Waals surface area contributed by atoms with E-state index in [-0.39, 0.29) is 12.5 Å². The molecule has 1 rings (SSSR count). The standard InChI is InChI=1S/C15H23NO4/c1-11(14(18)16(4)15(2,3)10-17)20-13-8-6-12(19-5)7-9-13/h6-9,11,17H,10H2,1-5H3. The second-order valence-electron chi connectivity index (χ2n) is 5.30. The molecule has 20 heavy (non-hydrogen) atoms. The van der Waals surface area contributed by atoms with Crippen molar-refractivity contribution in [1.29, 1.82) is 0 Å². The van der Waals surface area contributed by atoms with E-state index >= 15 is 0 Å². The Morgan fingerprint density at radius 1 is 1.30 bits per heavy atom. The molecule has 0 aliphatic heterocycles. The first-order valence-electron chi connectivity index (χ1n) is 6.51. The number of hydrogen-bond acceptors (Lipinski definition) is 4. The second-order valence-corrected chi connectivity index (χ2v) is 5.30. The molecule has 0 aliphatic rings. The third-order valence-electron chi connectivity index (χ3n) is 3.35. The summed E-state index contributed by atoms with van der Waals surface area (Å²) in [6.07, 6.45) is -0.626. The van der Waals surface area contributed by atoms with Crippen LogP contribution in [0.15, 0.2) is 24.3 Å². The lowest BCUT2D eigenvalue weighted by Crippen LogP contribution is -2.51. The van der Waals surface area contributed by atoms with Crippen molar-refractivity contribution in [2.45, 2.75) is 32.4 Å². The topological polar surface area (TPSA) is 59.0 Å². The average Bonchev–Trinajstić information content (AvgIpc) is 2.46. The highest BCUT2D eigenvalue weighted by Crippen LogP contribution is 2.20. The normalized spacial score (nSPS) is 12.7. The lowest BCUT2D eigenvalue weighted by molar-refractivity contribution is -0.142. The molecular formula is C15H23NO4. The zero-order valence-corrected chi connectivity index (χ0v) is 12.7. The van der Waals surface area contributed by atoms with Crippen LogP contribution in [-0.4, -0.2) is 48.3 Å². The van der Waals surface area contributed by atoms with Gasteiger partial charge in [0, 0.05) is 7.05 Å². The lowest BCUT2D eigenvalue weighted by atomic mass is 10.0. The molecule has 1 N–H and O–H groups in total. The van der Waals surface area contributed by atoms with Crippen LogP contribution in [0, 0.1) is 0 Å². The number of methoxy groups -OCH3 is 1. The average molecular weight is 281 g/mol. The van der Waals surface area contributed by atoms with Crippen molar-refractivity contribution >= 4 is 5.91 Å². The van der Waals surface area contributed by atoms with Crippen LogP contribution in [0.1, 0.15) is 20.8 Å². The van der Waals surface area contributed by atoms with E-state index in [1.54, 1.807) is 59.2 Å². The van der Waals surface area contributed by atoms with Gasteiger partial charge in [0.2, 0.25) is 0 Å². The number of aliphatic hydroxyl groups excluding tert-OH is 1. The fourth-order valence-corrected chi connectivity index (χ4v) is 1.59. The number of aliphatic hydroxyl groups is 1. The SMILES string of the molecule is COc1ccc(OC(C)C(=O)N(C)C(C)(C)CO)cc1. The molecule has 1 aromatic carbocycles. The van der Waals surface area contributed by atoms with Crippen molar-refractivity contribution in [2.24, 2.45) is 0 Å². The molecule has 5 nitrogen and oxygen atoms in total. The summed E-state index contributed by atoms with van der Waals surface area (Å²) < 4.78 is 10.7. The van der Waals surface area contributed by atoms with E-state index in [2.05, 4.69) is 0 Å².